The lowest BCUT2D eigenvalue weighted by Gasteiger charge is -2.27. The largest absolute Gasteiger partial charge is 0.486 e. The molecule has 0 radical (unpaired) electrons. The fraction of sp³-hybridized carbons (Fsp3) is 0.435. The van der Waals surface area contributed by atoms with E-state index in [0.29, 0.717) is 19.8 Å². The topological polar surface area (TPSA) is 50.8 Å². The van der Waals surface area contributed by atoms with Crippen LogP contribution < -0.4 is 14.8 Å². The molecule has 2 aliphatic rings. The van der Waals surface area contributed by atoms with Crippen LogP contribution in [0.3, 0.4) is 0 Å². The second-order valence-electron chi connectivity index (χ2n) is 7.68. The summed E-state index contributed by atoms with van der Waals surface area (Å²) in [5, 5.41) is 3.16. The number of benzene rings is 2. The fourth-order valence-electron chi connectivity index (χ4n) is 4.28. The normalized spacial score (nSPS) is 20.0. The molecule has 0 bridgehead atoms. The number of likely N-dealkylation sites (tertiary alicyclic amines) is 1. The molecule has 2 aliphatic heterocycles. The lowest BCUT2D eigenvalue weighted by molar-refractivity contribution is -0.123. The molecular formula is C23H28N2O3. The van der Waals surface area contributed by atoms with Crippen molar-refractivity contribution < 1.29 is 14.3 Å². The van der Waals surface area contributed by atoms with E-state index < -0.39 is 0 Å². The van der Waals surface area contributed by atoms with E-state index in [9.17, 15) is 4.79 Å². The standard InChI is InChI=1S/C23H28N2O3/c1-16-6-3-4-7-19(16)17(2)24-23(26)15-25-11-5-8-20(25)18-9-10-21-22(14-18)28-13-12-27-21/h3-4,6-7,9-10,14,17,20H,5,8,11-13,15H2,1-2H3,(H,24,26)/t17-,20-/m0/s1. The van der Waals surface area contributed by atoms with Gasteiger partial charge in [-0.2, -0.15) is 0 Å². The Balaban J connectivity index is 1.41. The van der Waals surface area contributed by atoms with E-state index in [1.54, 1.807) is 0 Å². The van der Waals surface area contributed by atoms with Crippen LogP contribution in [0.1, 0.15) is 48.5 Å². The summed E-state index contributed by atoms with van der Waals surface area (Å²) < 4.78 is 11.4. The summed E-state index contributed by atoms with van der Waals surface area (Å²) in [5.74, 6) is 1.69. The van der Waals surface area contributed by atoms with E-state index in [1.165, 1.54) is 16.7 Å². The first kappa shape index (κ1) is 18.8. The summed E-state index contributed by atoms with van der Waals surface area (Å²) >= 11 is 0. The molecule has 0 spiro atoms. The molecule has 2 heterocycles. The quantitative estimate of drug-likeness (QED) is 0.858. The number of ether oxygens (including phenoxy) is 2. The predicted molar refractivity (Wildman–Crippen MR) is 109 cm³/mol. The predicted octanol–water partition coefficient (Wildman–Crippen LogP) is 3.78. The highest BCUT2D eigenvalue weighted by Crippen LogP contribution is 2.37. The van der Waals surface area contributed by atoms with E-state index in [0.717, 1.165) is 30.9 Å². The molecule has 148 valence electrons. The Labute approximate surface area is 166 Å². The van der Waals surface area contributed by atoms with Crippen LogP contribution in [-0.4, -0.2) is 37.1 Å². The Bertz CT molecular complexity index is 851. The Hall–Kier alpha value is -2.53. The summed E-state index contributed by atoms with van der Waals surface area (Å²) in [7, 11) is 0. The van der Waals surface area contributed by atoms with Gasteiger partial charge in [0, 0.05) is 6.04 Å². The van der Waals surface area contributed by atoms with Gasteiger partial charge in [0.1, 0.15) is 13.2 Å². The van der Waals surface area contributed by atoms with Crippen LogP contribution in [-0.2, 0) is 4.79 Å². The first-order valence-corrected chi connectivity index (χ1v) is 10.1. The van der Waals surface area contributed by atoms with Gasteiger partial charge in [-0.1, -0.05) is 30.3 Å². The zero-order valence-electron chi connectivity index (χ0n) is 16.6. The second kappa shape index (κ2) is 8.23. The lowest BCUT2D eigenvalue weighted by atomic mass is 10.0. The number of fused-ring (bicyclic) bond motifs is 1. The van der Waals surface area contributed by atoms with Gasteiger partial charge in [-0.25, -0.2) is 0 Å². The molecule has 1 fully saturated rings. The number of nitrogens with one attached hydrogen (secondary N) is 1. The number of hydrogen-bond donors (Lipinski definition) is 1. The highest BCUT2D eigenvalue weighted by atomic mass is 16.6. The third-order valence-corrected chi connectivity index (χ3v) is 5.69. The second-order valence-corrected chi connectivity index (χ2v) is 7.68. The van der Waals surface area contributed by atoms with E-state index >= 15 is 0 Å². The van der Waals surface area contributed by atoms with Gasteiger partial charge in [0.2, 0.25) is 5.91 Å². The highest BCUT2D eigenvalue weighted by molar-refractivity contribution is 5.78. The van der Waals surface area contributed by atoms with E-state index in [-0.39, 0.29) is 18.0 Å². The number of hydrogen-bond acceptors (Lipinski definition) is 4. The Kier molecular flexibility index (Phi) is 5.53. The maximum atomic E-state index is 12.7. The van der Waals surface area contributed by atoms with Crippen LogP contribution >= 0.6 is 0 Å². The van der Waals surface area contributed by atoms with Crippen molar-refractivity contribution in [3.05, 3.63) is 59.2 Å². The Morgan fingerprint density at radius 3 is 2.79 bits per heavy atom. The number of rotatable bonds is 5. The molecule has 1 saturated heterocycles. The zero-order valence-corrected chi connectivity index (χ0v) is 16.6. The molecule has 0 saturated carbocycles. The van der Waals surface area contributed by atoms with Crippen LogP contribution in [0.5, 0.6) is 11.5 Å². The lowest BCUT2D eigenvalue weighted by Crippen LogP contribution is -2.38. The SMILES string of the molecule is Cc1ccccc1[C@H](C)NC(=O)CN1CCC[C@H]1c1ccc2c(c1)OCCO2. The van der Waals surface area contributed by atoms with Gasteiger partial charge in [0.25, 0.3) is 0 Å². The van der Waals surface area contributed by atoms with Crippen molar-refractivity contribution in [3.63, 3.8) is 0 Å². The van der Waals surface area contributed by atoms with E-state index in [2.05, 4.69) is 41.4 Å². The van der Waals surface area contributed by atoms with Crippen molar-refractivity contribution >= 4 is 5.91 Å². The van der Waals surface area contributed by atoms with Crippen LogP contribution in [0, 0.1) is 6.92 Å². The van der Waals surface area contributed by atoms with Gasteiger partial charge in [0.15, 0.2) is 11.5 Å². The summed E-state index contributed by atoms with van der Waals surface area (Å²) in [5.41, 5.74) is 3.56. The first-order chi connectivity index (χ1) is 13.6. The summed E-state index contributed by atoms with van der Waals surface area (Å²) in [6.07, 6.45) is 2.15. The molecule has 1 N–H and O–H groups in total. The van der Waals surface area contributed by atoms with Crippen molar-refractivity contribution in [2.24, 2.45) is 0 Å². The summed E-state index contributed by atoms with van der Waals surface area (Å²) in [6, 6.07) is 14.6. The number of nitrogens with zero attached hydrogens (tertiary/aromatic N) is 1. The Morgan fingerprint density at radius 1 is 1.18 bits per heavy atom. The Morgan fingerprint density at radius 2 is 1.96 bits per heavy atom. The zero-order chi connectivity index (χ0) is 19.5. The molecule has 0 aromatic heterocycles. The number of amides is 1. The van der Waals surface area contributed by atoms with Crippen molar-refractivity contribution in [2.75, 3.05) is 26.3 Å². The van der Waals surface area contributed by atoms with Crippen LogP contribution in [0.15, 0.2) is 42.5 Å². The van der Waals surface area contributed by atoms with Crippen molar-refractivity contribution in [2.45, 2.75) is 38.8 Å². The molecule has 0 aliphatic carbocycles. The minimum Gasteiger partial charge on any atom is -0.486 e. The average molecular weight is 380 g/mol. The van der Waals surface area contributed by atoms with E-state index in [4.69, 9.17) is 9.47 Å². The van der Waals surface area contributed by atoms with Gasteiger partial charge in [-0.05, 0) is 62.1 Å². The van der Waals surface area contributed by atoms with Gasteiger partial charge < -0.3 is 14.8 Å². The van der Waals surface area contributed by atoms with Gasteiger partial charge >= 0.3 is 0 Å². The van der Waals surface area contributed by atoms with Gasteiger partial charge in [-0.15, -0.1) is 0 Å². The van der Waals surface area contributed by atoms with E-state index in [1.807, 2.05) is 25.1 Å². The minimum atomic E-state index is 0.00375. The minimum absolute atomic E-state index is 0.00375. The third-order valence-electron chi connectivity index (χ3n) is 5.69. The smallest absolute Gasteiger partial charge is 0.234 e. The highest BCUT2D eigenvalue weighted by Gasteiger charge is 2.29. The summed E-state index contributed by atoms with van der Waals surface area (Å²) in [4.78, 5) is 15.0. The molecule has 0 unspecified atom stereocenters. The molecule has 5 nitrogen and oxygen atoms in total. The molecule has 2 atom stereocenters. The van der Waals surface area contributed by atoms with Crippen molar-refractivity contribution in [1.82, 2.24) is 10.2 Å². The molecule has 28 heavy (non-hydrogen) atoms. The van der Waals surface area contributed by atoms with Gasteiger partial charge in [-0.3, -0.25) is 9.69 Å². The molecule has 4 rings (SSSR count). The maximum absolute atomic E-state index is 12.7. The number of carbonyl (C=O) groups excluding carboxylic acids is 1. The maximum Gasteiger partial charge on any atom is 0.234 e. The molecular weight excluding hydrogens is 352 g/mol. The molecule has 1 amide bonds. The van der Waals surface area contributed by atoms with Crippen LogP contribution in [0.2, 0.25) is 0 Å². The van der Waals surface area contributed by atoms with Gasteiger partial charge in [0.05, 0.1) is 12.6 Å². The number of carbonyl (C=O) groups is 1. The van der Waals surface area contributed by atoms with Crippen LogP contribution in [0.25, 0.3) is 0 Å². The molecule has 2 aromatic rings. The monoisotopic (exact) mass is 380 g/mol. The summed E-state index contributed by atoms with van der Waals surface area (Å²) in [6.45, 7) is 6.66. The fourth-order valence-corrected chi connectivity index (χ4v) is 4.28. The average Bonchev–Trinajstić information content (AvgIpc) is 3.15. The van der Waals surface area contributed by atoms with Crippen LogP contribution in [0.4, 0.5) is 0 Å². The van der Waals surface area contributed by atoms with Crippen molar-refractivity contribution in [3.8, 4) is 11.5 Å². The molecule has 5 heteroatoms. The van der Waals surface area contributed by atoms with Crippen molar-refractivity contribution in [1.29, 1.82) is 0 Å². The molecule has 2 aromatic carbocycles. The first-order valence-electron chi connectivity index (χ1n) is 10.1. The number of aryl methyl sites for hydroxylation is 1. The third kappa shape index (κ3) is 3.99.